The van der Waals surface area contributed by atoms with Crippen LogP contribution in [0.2, 0.25) is 0 Å². The molecule has 1 aliphatic rings. The van der Waals surface area contributed by atoms with Gasteiger partial charge >= 0.3 is 0 Å². The SMILES string of the molecule is CN(C)C(=O)c1ccc(N)c(NCCCOCC2CC2)c1. The molecule has 0 bridgehead atoms. The molecule has 21 heavy (non-hydrogen) atoms. The lowest BCUT2D eigenvalue weighted by Crippen LogP contribution is -2.22. The number of nitrogens with one attached hydrogen (secondary N) is 1. The molecule has 0 atom stereocenters. The predicted molar refractivity (Wildman–Crippen MR) is 85.5 cm³/mol. The van der Waals surface area contributed by atoms with E-state index in [0.717, 1.165) is 37.8 Å². The molecule has 0 spiro atoms. The van der Waals surface area contributed by atoms with E-state index in [-0.39, 0.29) is 5.91 Å². The van der Waals surface area contributed by atoms with Gasteiger partial charge in [-0.05, 0) is 43.4 Å². The highest BCUT2D eigenvalue weighted by atomic mass is 16.5. The van der Waals surface area contributed by atoms with Gasteiger partial charge in [0.05, 0.1) is 11.4 Å². The number of benzene rings is 1. The first-order chi connectivity index (χ1) is 10.1. The van der Waals surface area contributed by atoms with Gasteiger partial charge < -0.3 is 20.7 Å². The molecule has 1 aliphatic carbocycles. The summed E-state index contributed by atoms with van der Waals surface area (Å²) in [5, 5.41) is 3.28. The fourth-order valence-corrected chi connectivity index (χ4v) is 2.03. The van der Waals surface area contributed by atoms with Crippen LogP contribution in [0.1, 0.15) is 29.6 Å². The Morgan fingerprint density at radius 2 is 2.19 bits per heavy atom. The summed E-state index contributed by atoms with van der Waals surface area (Å²) >= 11 is 0. The van der Waals surface area contributed by atoms with Gasteiger partial charge in [0.15, 0.2) is 0 Å². The van der Waals surface area contributed by atoms with E-state index in [0.29, 0.717) is 11.3 Å². The number of amides is 1. The van der Waals surface area contributed by atoms with Crippen LogP contribution in [-0.4, -0.2) is 44.7 Å². The monoisotopic (exact) mass is 291 g/mol. The summed E-state index contributed by atoms with van der Waals surface area (Å²) in [4.78, 5) is 13.5. The molecular formula is C16H25N3O2. The minimum Gasteiger partial charge on any atom is -0.397 e. The Morgan fingerprint density at radius 1 is 1.43 bits per heavy atom. The molecule has 1 aromatic rings. The second-order valence-corrected chi connectivity index (χ2v) is 5.80. The quantitative estimate of drug-likeness (QED) is 0.569. The van der Waals surface area contributed by atoms with Gasteiger partial charge in [0, 0.05) is 39.4 Å². The molecule has 0 aliphatic heterocycles. The van der Waals surface area contributed by atoms with Gasteiger partial charge in [-0.2, -0.15) is 0 Å². The molecule has 0 saturated heterocycles. The van der Waals surface area contributed by atoms with E-state index >= 15 is 0 Å². The van der Waals surface area contributed by atoms with Crippen LogP contribution in [0.3, 0.4) is 0 Å². The Bertz CT molecular complexity index is 484. The molecule has 1 amide bonds. The van der Waals surface area contributed by atoms with Gasteiger partial charge in [0.25, 0.3) is 5.91 Å². The lowest BCUT2D eigenvalue weighted by molar-refractivity contribution is 0.0827. The molecule has 0 heterocycles. The zero-order chi connectivity index (χ0) is 15.2. The number of hydrogen-bond acceptors (Lipinski definition) is 4. The highest BCUT2D eigenvalue weighted by Crippen LogP contribution is 2.28. The van der Waals surface area contributed by atoms with Gasteiger partial charge in [-0.3, -0.25) is 4.79 Å². The lowest BCUT2D eigenvalue weighted by atomic mass is 10.1. The van der Waals surface area contributed by atoms with Crippen LogP contribution in [0.15, 0.2) is 18.2 Å². The lowest BCUT2D eigenvalue weighted by Gasteiger charge is -2.14. The third kappa shape index (κ3) is 4.93. The zero-order valence-corrected chi connectivity index (χ0v) is 12.9. The van der Waals surface area contributed by atoms with Crippen molar-refractivity contribution in [3.8, 4) is 0 Å². The maximum absolute atomic E-state index is 11.9. The molecule has 1 saturated carbocycles. The smallest absolute Gasteiger partial charge is 0.253 e. The molecule has 0 aromatic heterocycles. The van der Waals surface area contributed by atoms with Crippen LogP contribution in [0, 0.1) is 5.92 Å². The van der Waals surface area contributed by atoms with Crippen molar-refractivity contribution in [2.45, 2.75) is 19.3 Å². The maximum Gasteiger partial charge on any atom is 0.253 e. The summed E-state index contributed by atoms with van der Waals surface area (Å²) in [6, 6.07) is 5.33. The van der Waals surface area contributed by atoms with E-state index in [9.17, 15) is 4.79 Å². The van der Waals surface area contributed by atoms with Gasteiger partial charge in [0.2, 0.25) is 0 Å². The van der Waals surface area contributed by atoms with Crippen molar-refractivity contribution >= 4 is 17.3 Å². The van der Waals surface area contributed by atoms with Crippen LogP contribution in [0.5, 0.6) is 0 Å². The molecule has 5 heteroatoms. The Labute approximate surface area is 126 Å². The highest BCUT2D eigenvalue weighted by Gasteiger charge is 2.20. The van der Waals surface area contributed by atoms with Crippen LogP contribution in [-0.2, 0) is 4.74 Å². The number of nitrogens with two attached hydrogens (primary N) is 1. The standard InChI is InChI=1S/C16H25N3O2/c1-19(2)16(20)13-6-7-14(17)15(10-13)18-8-3-9-21-11-12-4-5-12/h6-7,10,12,18H,3-5,8-9,11,17H2,1-2H3. The fourth-order valence-electron chi connectivity index (χ4n) is 2.03. The van der Waals surface area contributed by atoms with Crippen LogP contribution in [0.25, 0.3) is 0 Å². The highest BCUT2D eigenvalue weighted by molar-refractivity contribution is 5.95. The second-order valence-electron chi connectivity index (χ2n) is 5.80. The predicted octanol–water partition coefficient (Wildman–Crippen LogP) is 2.20. The average molecular weight is 291 g/mol. The largest absolute Gasteiger partial charge is 0.397 e. The Balaban J connectivity index is 1.78. The fraction of sp³-hybridized carbons (Fsp3) is 0.562. The molecule has 2 rings (SSSR count). The molecule has 116 valence electrons. The molecule has 3 N–H and O–H groups in total. The Hall–Kier alpha value is -1.75. The number of anilines is 2. The zero-order valence-electron chi connectivity index (χ0n) is 12.9. The summed E-state index contributed by atoms with van der Waals surface area (Å²) < 4.78 is 5.59. The van der Waals surface area contributed by atoms with Crippen LogP contribution >= 0.6 is 0 Å². The number of nitrogen functional groups attached to an aromatic ring is 1. The van der Waals surface area contributed by atoms with E-state index in [1.165, 1.54) is 12.8 Å². The van der Waals surface area contributed by atoms with E-state index in [4.69, 9.17) is 10.5 Å². The Kier molecular flexibility index (Phi) is 5.44. The number of carbonyl (C=O) groups is 1. The number of hydrogen-bond donors (Lipinski definition) is 2. The molecule has 1 aromatic carbocycles. The first-order valence-corrected chi connectivity index (χ1v) is 7.50. The van der Waals surface area contributed by atoms with Gasteiger partial charge in [0.1, 0.15) is 0 Å². The number of carbonyl (C=O) groups excluding carboxylic acids is 1. The summed E-state index contributed by atoms with van der Waals surface area (Å²) in [5.41, 5.74) is 8.04. The van der Waals surface area contributed by atoms with Crippen molar-refractivity contribution in [1.29, 1.82) is 0 Å². The first-order valence-electron chi connectivity index (χ1n) is 7.50. The van der Waals surface area contributed by atoms with E-state index < -0.39 is 0 Å². The maximum atomic E-state index is 11.9. The second kappa shape index (κ2) is 7.31. The molecule has 1 fully saturated rings. The van der Waals surface area contributed by atoms with Crippen LogP contribution in [0.4, 0.5) is 11.4 Å². The molecular weight excluding hydrogens is 266 g/mol. The minimum atomic E-state index is -0.0224. The topological polar surface area (TPSA) is 67.6 Å². The van der Waals surface area contributed by atoms with Crippen molar-refractivity contribution in [2.75, 3.05) is 44.9 Å². The van der Waals surface area contributed by atoms with Crippen molar-refractivity contribution in [3.05, 3.63) is 23.8 Å². The van der Waals surface area contributed by atoms with Crippen molar-refractivity contribution in [2.24, 2.45) is 5.92 Å². The summed E-state index contributed by atoms with van der Waals surface area (Å²) in [5.74, 6) is 0.785. The summed E-state index contributed by atoms with van der Waals surface area (Å²) in [6.07, 6.45) is 3.57. The number of rotatable bonds is 8. The first kappa shape index (κ1) is 15.6. The normalized spacial score (nSPS) is 14.0. The van der Waals surface area contributed by atoms with Gasteiger partial charge in [-0.15, -0.1) is 0 Å². The van der Waals surface area contributed by atoms with Crippen molar-refractivity contribution in [3.63, 3.8) is 0 Å². The van der Waals surface area contributed by atoms with Gasteiger partial charge in [-0.1, -0.05) is 0 Å². The number of nitrogens with zero attached hydrogens (tertiary/aromatic N) is 1. The van der Waals surface area contributed by atoms with E-state index in [2.05, 4.69) is 5.32 Å². The van der Waals surface area contributed by atoms with Gasteiger partial charge in [-0.25, -0.2) is 0 Å². The minimum absolute atomic E-state index is 0.0224. The van der Waals surface area contributed by atoms with Crippen LogP contribution < -0.4 is 11.1 Å². The molecule has 5 nitrogen and oxygen atoms in total. The van der Waals surface area contributed by atoms with E-state index in [1.807, 2.05) is 6.07 Å². The third-order valence-corrected chi connectivity index (χ3v) is 3.54. The molecule has 0 radical (unpaired) electrons. The molecule has 0 unspecified atom stereocenters. The van der Waals surface area contributed by atoms with Crippen molar-refractivity contribution in [1.82, 2.24) is 4.90 Å². The summed E-state index contributed by atoms with van der Waals surface area (Å²) in [7, 11) is 3.48. The third-order valence-electron chi connectivity index (χ3n) is 3.54. The number of ether oxygens (including phenoxy) is 1. The summed E-state index contributed by atoms with van der Waals surface area (Å²) in [6.45, 7) is 2.45. The van der Waals surface area contributed by atoms with Crippen molar-refractivity contribution < 1.29 is 9.53 Å². The van der Waals surface area contributed by atoms with E-state index in [1.54, 1.807) is 31.1 Å². The average Bonchev–Trinajstić information content (AvgIpc) is 3.27. The Morgan fingerprint density at radius 3 is 2.86 bits per heavy atom.